The van der Waals surface area contributed by atoms with E-state index in [1.165, 1.54) is 11.1 Å². The molecule has 0 aromatic heterocycles. The highest BCUT2D eigenvalue weighted by atomic mass is 16.1. The van der Waals surface area contributed by atoms with Crippen LogP contribution in [-0.4, -0.2) is 5.91 Å². The first-order valence-electron chi connectivity index (χ1n) is 8.48. The van der Waals surface area contributed by atoms with Crippen LogP contribution in [0.5, 0.6) is 0 Å². The Labute approximate surface area is 139 Å². The van der Waals surface area contributed by atoms with Crippen molar-refractivity contribution < 1.29 is 4.79 Å². The van der Waals surface area contributed by atoms with Crippen molar-refractivity contribution in [3.05, 3.63) is 65.2 Å². The van der Waals surface area contributed by atoms with Gasteiger partial charge in [-0.1, -0.05) is 57.2 Å². The molecule has 2 nitrogen and oxygen atoms in total. The van der Waals surface area contributed by atoms with Crippen molar-refractivity contribution >= 4 is 11.6 Å². The van der Waals surface area contributed by atoms with E-state index in [0.29, 0.717) is 5.92 Å². The van der Waals surface area contributed by atoms with Crippen LogP contribution in [0.3, 0.4) is 0 Å². The SMILES string of the molecule is CCc1ccc(NC(=O)[C@H](C)c2ccc(CC(C)C)cc2)cc1. The van der Waals surface area contributed by atoms with Crippen molar-refractivity contribution in [1.29, 1.82) is 0 Å². The molecule has 0 spiro atoms. The molecule has 122 valence electrons. The number of anilines is 1. The van der Waals surface area contributed by atoms with Crippen molar-refractivity contribution in [2.24, 2.45) is 5.92 Å². The second-order valence-electron chi connectivity index (χ2n) is 6.60. The molecule has 2 aromatic rings. The third kappa shape index (κ3) is 4.95. The minimum absolute atomic E-state index is 0.0332. The Bertz CT molecular complexity index is 626. The van der Waals surface area contributed by atoms with Gasteiger partial charge in [-0.15, -0.1) is 0 Å². The lowest BCUT2D eigenvalue weighted by atomic mass is 9.96. The molecule has 0 bridgehead atoms. The van der Waals surface area contributed by atoms with Crippen molar-refractivity contribution in [3.8, 4) is 0 Å². The summed E-state index contributed by atoms with van der Waals surface area (Å²) in [5.41, 5.74) is 4.51. The fourth-order valence-corrected chi connectivity index (χ4v) is 2.64. The van der Waals surface area contributed by atoms with E-state index in [-0.39, 0.29) is 11.8 Å². The van der Waals surface area contributed by atoms with Crippen LogP contribution < -0.4 is 5.32 Å². The number of benzene rings is 2. The Balaban J connectivity index is 2.00. The Kier molecular flexibility index (Phi) is 5.97. The van der Waals surface area contributed by atoms with E-state index in [9.17, 15) is 4.79 Å². The molecular formula is C21H27NO. The lowest BCUT2D eigenvalue weighted by Gasteiger charge is -2.14. The predicted molar refractivity (Wildman–Crippen MR) is 97.8 cm³/mol. The van der Waals surface area contributed by atoms with Gasteiger partial charge in [0.1, 0.15) is 0 Å². The minimum Gasteiger partial charge on any atom is -0.326 e. The van der Waals surface area contributed by atoms with E-state index in [2.05, 4.69) is 62.5 Å². The molecule has 0 heterocycles. The zero-order valence-electron chi connectivity index (χ0n) is 14.6. The molecule has 0 radical (unpaired) electrons. The molecular weight excluding hydrogens is 282 g/mol. The summed E-state index contributed by atoms with van der Waals surface area (Å²) in [6, 6.07) is 16.5. The zero-order valence-corrected chi connectivity index (χ0v) is 14.6. The number of rotatable bonds is 6. The molecule has 0 unspecified atom stereocenters. The van der Waals surface area contributed by atoms with Gasteiger partial charge in [0, 0.05) is 5.69 Å². The Hall–Kier alpha value is -2.09. The lowest BCUT2D eigenvalue weighted by Crippen LogP contribution is -2.18. The number of nitrogens with one attached hydrogen (secondary N) is 1. The average Bonchev–Trinajstić information content (AvgIpc) is 2.55. The number of hydrogen-bond donors (Lipinski definition) is 1. The van der Waals surface area contributed by atoms with Crippen LogP contribution in [0, 0.1) is 5.92 Å². The van der Waals surface area contributed by atoms with Gasteiger partial charge in [-0.3, -0.25) is 4.79 Å². The number of aryl methyl sites for hydroxylation is 1. The quantitative estimate of drug-likeness (QED) is 0.781. The molecule has 0 aliphatic carbocycles. The first-order valence-corrected chi connectivity index (χ1v) is 8.48. The second-order valence-corrected chi connectivity index (χ2v) is 6.60. The summed E-state index contributed by atoms with van der Waals surface area (Å²) in [5.74, 6) is 0.521. The average molecular weight is 309 g/mol. The van der Waals surface area contributed by atoms with Crippen molar-refractivity contribution in [2.75, 3.05) is 5.32 Å². The molecule has 2 heteroatoms. The van der Waals surface area contributed by atoms with Crippen molar-refractivity contribution in [3.63, 3.8) is 0 Å². The number of hydrogen-bond acceptors (Lipinski definition) is 1. The molecule has 1 amide bonds. The summed E-state index contributed by atoms with van der Waals surface area (Å²) in [7, 11) is 0. The smallest absolute Gasteiger partial charge is 0.231 e. The maximum atomic E-state index is 12.4. The molecule has 1 N–H and O–H groups in total. The van der Waals surface area contributed by atoms with Crippen LogP contribution in [0.1, 0.15) is 50.3 Å². The maximum absolute atomic E-state index is 12.4. The fourth-order valence-electron chi connectivity index (χ4n) is 2.64. The van der Waals surface area contributed by atoms with Gasteiger partial charge in [0.25, 0.3) is 0 Å². The molecule has 0 aliphatic heterocycles. The fraction of sp³-hybridized carbons (Fsp3) is 0.381. The van der Waals surface area contributed by atoms with Crippen LogP contribution in [0.2, 0.25) is 0 Å². The van der Waals surface area contributed by atoms with E-state index < -0.39 is 0 Å². The highest BCUT2D eigenvalue weighted by Crippen LogP contribution is 2.20. The number of carbonyl (C=O) groups excluding carboxylic acids is 1. The summed E-state index contributed by atoms with van der Waals surface area (Å²) < 4.78 is 0. The molecule has 0 saturated heterocycles. The van der Waals surface area contributed by atoms with Crippen LogP contribution in [-0.2, 0) is 17.6 Å². The van der Waals surface area contributed by atoms with Crippen molar-refractivity contribution in [2.45, 2.75) is 46.5 Å². The zero-order chi connectivity index (χ0) is 16.8. The maximum Gasteiger partial charge on any atom is 0.231 e. The molecule has 0 fully saturated rings. The first kappa shape index (κ1) is 17.3. The highest BCUT2D eigenvalue weighted by molar-refractivity contribution is 5.95. The first-order chi connectivity index (χ1) is 11.0. The summed E-state index contributed by atoms with van der Waals surface area (Å²) in [5, 5.41) is 3.00. The summed E-state index contributed by atoms with van der Waals surface area (Å²) in [6.07, 6.45) is 2.08. The van der Waals surface area contributed by atoms with E-state index in [1.807, 2.05) is 19.1 Å². The van der Waals surface area contributed by atoms with Gasteiger partial charge in [-0.2, -0.15) is 0 Å². The third-order valence-electron chi connectivity index (χ3n) is 4.15. The number of amides is 1. The normalized spacial score (nSPS) is 12.2. The topological polar surface area (TPSA) is 29.1 Å². The van der Waals surface area contributed by atoms with Crippen molar-refractivity contribution in [1.82, 2.24) is 0 Å². The van der Waals surface area contributed by atoms with Crippen LogP contribution >= 0.6 is 0 Å². The van der Waals surface area contributed by atoms with E-state index in [1.54, 1.807) is 0 Å². The van der Waals surface area contributed by atoms with Crippen LogP contribution in [0.25, 0.3) is 0 Å². The second kappa shape index (κ2) is 7.96. The van der Waals surface area contributed by atoms with E-state index in [4.69, 9.17) is 0 Å². The van der Waals surface area contributed by atoms with Gasteiger partial charge in [0.05, 0.1) is 5.92 Å². The van der Waals surface area contributed by atoms with Gasteiger partial charge >= 0.3 is 0 Å². The van der Waals surface area contributed by atoms with Gasteiger partial charge in [0.2, 0.25) is 5.91 Å². The molecule has 2 rings (SSSR count). The molecule has 0 aliphatic rings. The van der Waals surface area contributed by atoms with Gasteiger partial charge in [-0.05, 0) is 54.5 Å². The lowest BCUT2D eigenvalue weighted by molar-refractivity contribution is -0.117. The molecule has 0 saturated carbocycles. The summed E-state index contributed by atoms with van der Waals surface area (Å²) in [6.45, 7) is 8.51. The number of carbonyl (C=O) groups is 1. The highest BCUT2D eigenvalue weighted by Gasteiger charge is 2.15. The Morgan fingerprint density at radius 3 is 2.00 bits per heavy atom. The minimum atomic E-state index is -0.158. The Morgan fingerprint density at radius 1 is 0.913 bits per heavy atom. The van der Waals surface area contributed by atoms with E-state index in [0.717, 1.165) is 24.1 Å². The molecule has 23 heavy (non-hydrogen) atoms. The van der Waals surface area contributed by atoms with Crippen LogP contribution in [0.4, 0.5) is 5.69 Å². The van der Waals surface area contributed by atoms with E-state index >= 15 is 0 Å². The molecule has 1 atom stereocenters. The van der Waals surface area contributed by atoms with Crippen LogP contribution in [0.15, 0.2) is 48.5 Å². The predicted octanol–water partition coefficient (Wildman–Crippen LogP) is 5.19. The Morgan fingerprint density at radius 2 is 1.48 bits per heavy atom. The largest absolute Gasteiger partial charge is 0.326 e. The summed E-state index contributed by atoms with van der Waals surface area (Å²) in [4.78, 5) is 12.4. The van der Waals surface area contributed by atoms with Gasteiger partial charge in [-0.25, -0.2) is 0 Å². The molecule has 2 aromatic carbocycles. The van der Waals surface area contributed by atoms with Gasteiger partial charge in [0.15, 0.2) is 0 Å². The third-order valence-corrected chi connectivity index (χ3v) is 4.15. The summed E-state index contributed by atoms with van der Waals surface area (Å²) >= 11 is 0. The van der Waals surface area contributed by atoms with Gasteiger partial charge < -0.3 is 5.32 Å². The monoisotopic (exact) mass is 309 g/mol. The standard InChI is InChI=1S/C21H27NO/c1-5-17-8-12-20(13-9-17)22-21(23)16(4)19-10-6-18(7-11-19)14-15(2)3/h6-13,15-16H,5,14H2,1-4H3,(H,22,23)/t16-/m1/s1.